The van der Waals surface area contributed by atoms with Gasteiger partial charge >= 0.3 is 0 Å². The number of nitrogens with zero attached hydrogens (tertiary/aromatic N) is 2. The highest BCUT2D eigenvalue weighted by Gasteiger charge is 2.31. The van der Waals surface area contributed by atoms with E-state index in [2.05, 4.69) is 12.2 Å². The summed E-state index contributed by atoms with van der Waals surface area (Å²) in [5.74, 6) is 1.48. The average molecular weight is 460 g/mol. The van der Waals surface area contributed by atoms with Gasteiger partial charge in [0.15, 0.2) is 0 Å². The van der Waals surface area contributed by atoms with E-state index in [9.17, 15) is 18.0 Å². The van der Waals surface area contributed by atoms with Gasteiger partial charge in [-0.1, -0.05) is 6.92 Å². The number of carbonyl (C=O) groups is 2. The van der Waals surface area contributed by atoms with Crippen molar-refractivity contribution in [3.8, 4) is 0 Å². The molecule has 2 aliphatic heterocycles. The normalized spacial score (nSPS) is 17.9. The van der Waals surface area contributed by atoms with E-state index in [1.165, 1.54) is 4.90 Å². The Hall–Kier alpha value is -2.65. The topological polar surface area (TPSA) is 99.9 Å². The molecule has 172 valence electrons. The maximum absolute atomic E-state index is 13.1. The van der Waals surface area contributed by atoms with E-state index in [1.54, 1.807) is 28.6 Å². The lowest BCUT2D eigenvalue weighted by molar-refractivity contribution is -0.124. The van der Waals surface area contributed by atoms with Crippen molar-refractivity contribution >= 4 is 27.5 Å². The summed E-state index contributed by atoms with van der Waals surface area (Å²) in [6.07, 6.45) is 2.42. The number of carbonyl (C=O) groups excluding carboxylic acids is 2. The van der Waals surface area contributed by atoms with Crippen LogP contribution in [0.5, 0.6) is 0 Å². The van der Waals surface area contributed by atoms with Crippen LogP contribution in [0, 0.1) is 12.8 Å². The molecule has 0 spiro atoms. The van der Waals surface area contributed by atoms with E-state index in [0.717, 1.165) is 24.2 Å². The SMILES string of the molecule is Cc1ccc(CNC(=O)CN2C(=O)CCc3cc(S(=O)(=O)N4CCC(C)CC4)ccc32)o1. The highest BCUT2D eigenvalue weighted by Crippen LogP contribution is 2.32. The minimum Gasteiger partial charge on any atom is -0.465 e. The molecule has 2 aliphatic rings. The van der Waals surface area contributed by atoms with Crippen LogP contribution in [0.25, 0.3) is 0 Å². The molecule has 2 aromatic rings. The summed E-state index contributed by atoms with van der Waals surface area (Å²) in [5, 5.41) is 2.76. The van der Waals surface area contributed by atoms with Crippen molar-refractivity contribution in [2.24, 2.45) is 5.92 Å². The van der Waals surface area contributed by atoms with Crippen LogP contribution >= 0.6 is 0 Å². The lowest BCUT2D eigenvalue weighted by atomic mass is 10.0. The van der Waals surface area contributed by atoms with Gasteiger partial charge in [-0.25, -0.2) is 8.42 Å². The van der Waals surface area contributed by atoms with Crippen LogP contribution in [0.1, 0.15) is 43.3 Å². The molecule has 3 heterocycles. The Morgan fingerprint density at radius 3 is 2.59 bits per heavy atom. The number of aryl methyl sites for hydroxylation is 2. The molecule has 1 saturated heterocycles. The number of sulfonamides is 1. The number of furan rings is 1. The van der Waals surface area contributed by atoms with Crippen LogP contribution in [0.2, 0.25) is 0 Å². The summed E-state index contributed by atoms with van der Waals surface area (Å²) in [7, 11) is -3.57. The number of rotatable bonds is 6. The third-order valence-electron chi connectivity index (χ3n) is 6.19. The van der Waals surface area contributed by atoms with E-state index in [1.807, 2.05) is 13.0 Å². The molecule has 32 heavy (non-hydrogen) atoms. The molecule has 0 saturated carbocycles. The third kappa shape index (κ3) is 4.73. The van der Waals surface area contributed by atoms with Gasteiger partial charge in [0.05, 0.1) is 11.4 Å². The number of hydrogen-bond donors (Lipinski definition) is 1. The van der Waals surface area contributed by atoms with E-state index in [4.69, 9.17) is 4.42 Å². The molecular weight excluding hydrogens is 430 g/mol. The molecule has 9 heteroatoms. The van der Waals surface area contributed by atoms with Gasteiger partial charge in [-0.15, -0.1) is 0 Å². The van der Waals surface area contributed by atoms with Gasteiger partial charge in [-0.3, -0.25) is 9.59 Å². The number of benzene rings is 1. The fraction of sp³-hybridized carbons (Fsp3) is 0.478. The molecule has 4 rings (SSSR count). The third-order valence-corrected chi connectivity index (χ3v) is 8.08. The fourth-order valence-corrected chi connectivity index (χ4v) is 5.73. The summed E-state index contributed by atoms with van der Waals surface area (Å²) in [5.41, 5.74) is 1.36. The predicted molar refractivity (Wildman–Crippen MR) is 120 cm³/mol. The first-order chi connectivity index (χ1) is 15.2. The maximum Gasteiger partial charge on any atom is 0.243 e. The number of piperidine rings is 1. The lowest BCUT2D eigenvalue weighted by Crippen LogP contribution is -2.43. The van der Waals surface area contributed by atoms with Crippen molar-refractivity contribution < 1.29 is 22.4 Å². The quantitative estimate of drug-likeness (QED) is 0.716. The van der Waals surface area contributed by atoms with Gasteiger partial charge in [0.2, 0.25) is 21.8 Å². The number of amides is 2. The van der Waals surface area contributed by atoms with E-state index in [0.29, 0.717) is 36.9 Å². The molecule has 0 bridgehead atoms. The molecule has 0 unspecified atom stereocenters. The second-order valence-electron chi connectivity index (χ2n) is 8.65. The number of anilines is 1. The minimum atomic E-state index is -3.57. The maximum atomic E-state index is 13.1. The first kappa shape index (κ1) is 22.5. The van der Waals surface area contributed by atoms with Gasteiger partial charge < -0.3 is 14.6 Å². The van der Waals surface area contributed by atoms with Gasteiger partial charge in [0, 0.05) is 25.2 Å². The highest BCUT2D eigenvalue weighted by molar-refractivity contribution is 7.89. The molecule has 0 radical (unpaired) electrons. The van der Waals surface area contributed by atoms with Gasteiger partial charge in [-0.05, 0) is 68.0 Å². The van der Waals surface area contributed by atoms with Crippen molar-refractivity contribution in [3.05, 3.63) is 47.4 Å². The summed E-state index contributed by atoms with van der Waals surface area (Å²) >= 11 is 0. The molecule has 1 fully saturated rings. The Balaban J connectivity index is 1.48. The van der Waals surface area contributed by atoms with Crippen LogP contribution < -0.4 is 10.2 Å². The predicted octanol–water partition coefficient (Wildman–Crippen LogP) is 2.60. The molecule has 8 nitrogen and oxygen atoms in total. The van der Waals surface area contributed by atoms with Crippen molar-refractivity contribution in [1.29, 1.82) is 0 Å². The highest BCUT2D eigenvalue weighted by atomic mass is 32.2. The second kappa shape index (κ2) is 9.07. The smallest absolute Gasteiger partial charge is 0.243 e. The lowest BCUT2D eigenvalue weighted by Gasteiger charge is -2.31. The molecular formula is C23H29N3O5S. The van der Waals surface area contributed by atoms with E-state index >= 15 is 0 Å². The average Bonchev–Trinajstić information content (AvgIpc) is 3.19. The fourth-order valence-electron chi connectivity index (χ4n) is 4.21. The van der Waals surface area contributed by atoms with Crippen LogP contribution in [-0.4, -0.2) is 44.2 Å². The van der Waals surface area contributed by atoms with Crippen LogP contribution in [0.15, 0.2) is 39.6 Å². The Bertz CT molecular complexity index is 1120. The molecule has 2 amide bonds. The monoisotopic (exact) mass is 459 g/mol. The van der Waals surface area contributed by atoms with Crippen molar-refractivity contribution in [2.75, 3.05) is 24.5 Å². The summed E-state index contributed by atoms with van der Waals surface area (Å²) in [6, 6.07) is 8.46. The minimum absolute atomic E-state index is 0.123. The largest absolute Gasteiger partial charge is 0.465 e. The molecule has 0 aliphatic carbocycles. The zero-order valence-electron chi connectivity index (χ0n) is 18.5. The Morgan fingerprint density at radius 1 is 1.16 bits per heavy atom. The summed E-state index contributed by atoms with van der Waals surface area (Å²) in [4.78, 5) is 26.7. The molecule has 0 atom stereocenters. The van der Waals surface area contributed by atoms with E-state index in [-0.39, 0.29) is 36.2 Å². The van der Waals surface area contributed by atoms with Gasteiger partial charge in [0.1, 0.15) is 18.1 Å². The van der Waals surface area contributed by atoms with Crippen molar-refractivity contribution in [2.45, 2.75) is 51.0 Å². The summed E-state index contributed by atoms with van der Waals surface area (Å²) < 4.78 is 33.2. The molecule has 1 N–H and O–H groups in total. The van der Waals surface area contributed by atoms with Gasteiger partial charge in [-0.2, -0.15) is 4.31 Å². The molecule has 1 aromatic carbocycles. The molecule has 1 aromatic heterocycles. The Labute approximate surface area is 188 Å². The summed E-state index contributed by atoms with van der Waals surface area (Å²) in [6.45, 7) is 5.14. The first-order valence-corrected chi connectivity index (χ1v) is 12.4. The number of fused-ring (bicyclic) bond motifs is 1. The number of hydrogen-bond acceptors (Lipinski definition) is 5. The standard InChI is InChI=1S/C23H29N3O5S/c1-16-9-11-25(12-10-16)32(29,30)20-6-7-21-18(13-20)4-8-23(28)26(21)15-22(27)24-14-19-5-3-17(2)31-19/h3,5-7,13,16H,4,8-12,14-15H2,1-2H3,(H,24,27). The van der Waals surface area contributed by atoms with Crippen LogP contribution in [0.3, 0.4) is 0 Å². The van der Waals surface area contributed by atoms with Crippen LogP contribution in [-0.2, 0) is 32.6 Å². The van der Waals surface area contributed by atoms with Gasteiger partial charge in [0.25, 0.3) is 0 Å². The zero-order valence-corrected chi connectivity index (χ0v) is 19.3. The second-order valence-corrected chi connectivity index (χ2v) is 10.6. The Morgan fingerprint density at radius 2 is 1.91 bits per heavy atom. The van der Waals surface area contributed by atoms with Crippen molar-refractivity contribution in [1.82, 2.24) is 9.62 Å². The van der Waals surface area contributed by atoms with E-state index < -0.39 is 10.0 Å². The Kier molecular flexibility index (Phi) is 6.39. The number of nitrogens with one attached hydrogen (secondary N) is 1. The first-order valence-electron chi connectivity index (χ1n) is 11.0. The van der Waals surface area contributed by atoms with Crippen molar-refractivity contribution in [3.63, 3.8) is 0 Å². The zero-order chi connectivity index (χ0) is 22.9. The van der Waals surface area contributed by atoms with Crippen LogP contribution in [0.4, 0.5) is 5.69 Å².